The Hall–Kier alpha value is 0.480. The lowest BCUT2D eigenvalue weighted by Gasteiger charge is -2.60. The van der Waals surface area contributed by atoms with E-state index in [2.05, 4.69) is 36.7 Å². The molecule has 3 fully saturated rings. The predicted octanol–water partition coefficient (Wildman–Crippen LogP) is 4.23. The highest BCUT2D eigenvalue weighted by Gasteiger charge is 2.53. The lowest BCUT2D eigenvalue weighted by Crippen LogP contribution is -2.52. The van der Waals surface area contributed by atoms with E-state index >= 15 is 0 Å². The van der Waals surface area contributed by atoms with Gasteiger partial charge in [0.15, 0.2) is 0 Å². The second kappa shape index (κ2) is 3.25. The lowest BCUT2D eigenvalue weighted by molar-refractivity contribution is -0.106. The highest BCUT2D eigenvalue weighted by atomic mass is 79.9. The quantitative estimate of drug-likeness (QED) is 0.638. The number of fused-ring (bicyclic) bond motifs is 2. The fraction of sp³-hybridized carbons (Fsp3) is 1.00. The van der Waals surface area contributed by atoms with Gasteiger partial charge in [0.2, 0.25) is 0 Å². The smallest absolute Gasteiger partial charge is 0.0120 e. The van der Waals surface area contributed by atoms with E-state index in [4.69, 9.17) is 0 Å². The van der Waals surface area contributed by atoms with Gasteiger partial charge in [-0.1, -0.05) is 36.7 Å². The minimum Gasteiger partial charge on any atom is -0.0894 e. The second-order valence-electron chi connectivity index (χ2n) is 5.71. The Morgan fingerprint density at radius 1 is 1.38 bits per heavy atom. The van der Waals surface area contributed by atoms with E-state index in [-0.39, 0.29) is 0 Å². The predicted molar refractivity (Wildman–Crippen MR) is 61.1 cm³/mol. The van der Waals surface area contributed by atoms with Crippen LogP contribution in [0.2, 0.25) is 0 Å². The first-order chi connectivity index (χ1) is 6.01. The summed E-state index contributed by atoms with van der Waals surface area (Å²) in [6.07, 6.45) is 5.90. The molecule has 1 heteroatoms. The molecule has 0 heterocycles. The molecule has 0 radical (unpaired) electrons. The van der Waals surface area contributed by atoms with E-state index in [1.807, 2.05) is 0 Å². The van der Waals surface area contributed by atoms with Gasteiger partial charge in [-0.2, -0.15) is 0 Å². The van der Waals surface area contributed by atoms with Gasteiger partial charge >= 0.3 is 0 Å². The highest BCUT2D eigenvalue weighted by molar-refractivity contribution is 9.09. The zero-order chi connectivity index (χ0) is 9.64. The Labute approximate surface area is 90.6 Å². The summed E-state index contributed by atoms with van der Waals surface area (Å²) in [5, 5.41) is 0. The molecule has 4 unspecified atom stereocenters. The Balaban J connectivity index is 1.99. The summed E-state index contributed by atoms with van der Waals surface area (Å²) < 4.78 is 0. The summed E-state index contributed by atoms with van der Waals surface area (Å²) >= 11 is 3.69. The van der Waals surface area contributed by atoms with Crippen LogP contribution < -0.4 is 0 Å². The Morgan fingerprint density at radius 3 is 2.54 bits per heavy atom. The molecule has 76 valence electrons. The standard InChI is InChI=1S/C12H21Br/c1-8(13)6-9-4-5-10-7-11(9)12(10,2)3/h8-11H,4-7H2,1-3H3. The molecule has 0 aromatic heterocycles. The van der Waals surface area contributed by atoms with Crippen LogP contribution in [0.4, 0.5) is 0 Å². The van der Waals surface area contributed by atoms with E-state index < -0.39 is 0 Å². The average Bonchev–Trinajstić information content (AvgIpc) is 2.03. The van der Waals surface area contributed by atoms with E-state index in [1.165, 1.54) is 25.7 Å². The molecule has 13 heavy (non-hydrogen) atoms. The minimum absolute atomic E-state index is 0.671. The zero-order valence-electron chi connectivity index (χ0n) is 9.02. The number of halogens is 1. The third-order valence-corrected chi connectivity index (χ3v) is 5.00. The lowest BCUT2D eigenvalue weighted by atomic mass is 9.45. The topological polar surface area (TPSA) is 0 Å². The molecule has 0 aromatic rings. The Morgan fingerprint density at radius 2 is 2.08 bits per heavy atom. The summed E-state index contributed by atoms with van der Waals surface area (Å²) in [4.78, 5) is 0.713. The van der Waals surface area contributed by atoms with Crippen molar-refractivity contribution in [2.75, 3.05) is 0 Å². The van der Waals surface area contributed by atoms with Crippen molar-refractivity contribution in [3.8, 4) is 0 Å². The first-order valence-electron chi connectivity index (χ1n) is 5.66. The molecule has 3 saturated carbocycles. The largest absolute Gasteiger partial charge is 0.0894 e. The molecule has 3 aliphatic carbocycles. The Kier molecular flexibility index (Phi) is 2.51. The van der Waals surface area contributed by atoms with Crippen LogP contribution in [-0.2, 0) is 0 Å². The summed E-state index contributed by atoms with van der Waals surface area (Å²) in [5.74, 6) is 3.10. The monoisotopic (exact) mass is 244 g/mol. The molecule has 0 aromatic carbocycles. The number of alkyl halides is 1. The van der Waals surface area contributed by atoms with Gasteiger partial charge in [-0.05, 0) is 48.9 Å². The zero-order valence-corrected chi connectivity index (χ0v) is 10.6. The molecular formula is C12H21Br. The first-order valence-corrected chi connectivity index (χ1v) is 6.57. The summed E-state index contributed by atoms with van der Waals surface area (Å²) in [6.45, 7) is 7.26. The van der Waals surface area contributed by atoms with Crippen molar-refractivity contribution < 1.29 is 0 Å². The van der Waals surface area contributed by atoms with Gasteiger partial charge in [0.25, 0.3) is 0 Å². The van der Waals surface area contributed by atoms with Crippen LogP contribution in [0.5, 0.6) is 0 Å². The van der Waals surface area contributed by atoms with Crippen molar-refractivity contribution in [3.05, 3.63) is 0 Å². The SMILES string of the molecule is CC(Br)CC1CCC2CC1C2(C)C. The van der Waals surface area contributed by atoms with Crippen LogP contribution >= 0.6 is 15.9 Å². The van der Waals surface area contributed by atoms with E-state index in [9.17, 15) is 0 Å². The van der Waals surface area contributed by atoms with Gasteiger partial charge in [0.1, 0.15) is 0 Å². The van der Waals surface area contributed by atoms with Crippen molar-refractivity contribution >= 4 is 15.9 Å². The highest BCUT2D eigenvalue weighted by Crippen LogP contribution is 2.62. The molecule has 2 bridgehead atoms. The molecule has 3 aliphatic rings. The summed E-state index contributed by atoms with van der Waals surface area (Å²) in [5.41, 5.74) is 0.671. The van der Waals surface area contributed by atoms with Gasteiger partial charge in [0, 0.05) is 4.83 Å². The molecule has 0 N–H and O–H groups in total. The van der Waals surface area contributed by atoms with Crippen molar-refractivity contribution in [2.24, 2.45) is 23.2 Å². The maximum atomic E-state index is 3.69. The van der Waals surface area contributed by atoms with E-state index in [1.54, 1.807) is 0 Å². The van der Waals surface area contributed by atoms with Crippen molar-refractivity contribution in [1.29, 1.82) is 0 Å². The molecule has 0 nitrogen and oxygen atoms in total. The van der Waals surface area contributed by atoms with Gasteiger partial charge in [-0.3, -0.25) is 0 Å². The van der Waals surface area contributed by atoms with Crippen LogP contribution in [-0.4, -0.2) is 4.83 Å². The summed E-state index contributed by atoms with van der Waals surface area (Å²) in [7, 11) is 0. The van der Waals surface area contributed by atoms with Gasteiger partial charge in [-0.25, -0.2) is 0 Å². The maximum absolute atomic E-state index is 3.69. The molecular weight excluding hydrogens is 224 g/mol. The third kappa shape index (κ3) is 1.58. The van der Waals surface area contributed by atoms with Crippen LogP contribution in [0.25, 0.3) is 0 Å². The molecule has 0 saturated heterocycles. The third-order valence-electron chi connectivity index (χ3n) is 4.63. The minimum atomic E-state index is 0.671. The van der Waals surface area contributed by atoms with E-state index in [0.29, 0.717) is 10.2 Å². The van der Waals surface area contributed by atoms with Crippen LogP contribution in [0.3, 0.4) is 0 Å². The summed E-state index contributed by atoms with van der Waals surface area (Å²) in [6, 6.07) is 0. The van der Waals surface area contributed by atoms with Crippen LogP contribution in [0.15, 0.2) is 0 Å². The first kappa shape index (κ1) is 10.0. The molecule has 0 spiro atoms. The number of rotatable bonds is 2. The van der Waals surface area contributed by atoms with E-state index in [0.717, 1.165) is 17.8 Å². The Bertz CT molecular complexity index is 193. The van der Waals surface area contributed by atoms with Crippen molar-refractivity contribution in [1.82, 2.24) is 0 Å². The van der Waals surface area contributed by atoms with Crippen LogP contribution in [0.1, 0.15) is 46.5 Å². The molecule has 0 aliphatic heterocycles. The molecule has 3 rings (SSSR count). The number of hydrogen-bond donors (Lipinski definition) is 0. The molecule has 4 atom stereocenters. The fourth-order valence-electron chi connectivity index (χ4n) is 3.66. The van der Waals surface area contributed by atoms with Gasteiger partial charge < -0.3 is 0 Å². The second-order valence-corrected chi connectivity index (χ2v) is 7.28. The van der Waals surface area contributed by atoms with Gasteiger partial charge in [-0.15, -0.1) is 0 Å². The van der Waals surface area contributed by atoms with Gasteiger partial charge in [0.05, 0.1) is 0 Å². The molecule has 0 amide bonds. The van der Waals surface area contributed by atoms with Crippen molar-refractivity contribution in [2.45, 2.75) is 51.3 Å². The maximum Gasteiger partial charge on any atom is 0.0120 e. The normalized spacial score (nSPS) is 43.8. The average molecular weight is 245 g/mol. The van der Waals surface area contributed by atoms with Crippen LogP contribution in [0, 0.1) is 23.2 Å². The van der Waals surface area contributed by atoms with Crippen molar-refractivity contribution in [3.63, 3.8) is 0 Å². The number of hydrogen-bond acceptors (Lipinski definition) is 0. The fourth-order valence-corrected chi connectivity index (χ4v) is 4.14.